The number of hydrogen-bond donors (Lipinski definition) is 0. The van der Waals surface area contributed by atoms with Gasteiger partial charge in [0.25, 0.3) is 0 Å². The molecule has 1 unspecified atom stereocenters. The van der Waals surface area contributed by atoms with Gasteiger partial charge in [0.1, 0.15) is 0 Å². The van der Waals surface area contributed by atoms with Crippen LogP contribution in [-0.2, 0) is 12.8 Å². The Kier molecular flexibility index (Phi) is 4.61. The van der Waals surface area contributed by atoms with E-state index in [0.717, 1.165) is 6.04 Å². The summed E-state index contributed by atoms with van der Waals surface area (Å²) in [6.07, 6.45) is 6.42. The third kappa shape index (κ3) is 3.10. The first-order valence-electron chi connectivity index (χ1n) is 7.16. The summed E-state index contributed by atoms with van der Waals surface area (Å²) in [7, 11) is 0. The molecule has 0 bridgehead atoms. The molecule has 1 nitrogen and oxygen atoms in total. The number of benzene rings is 1. The predicted molar refractivity (Wildman–Crippen MR) is 74.4 cm³/mol. The molecule has 1 aliphatic rings. The summed E-state index contributed by atoms with van der Waals surface area (Å²) >= 11 is 0. The first-order chi connectivity index (χ1) is 8.35. The second-order valence-electron chi connectivity index (χ2n) is 5.20. The summed E-state index contributed by atoms with van der Waals surface area (Å²) in [6.45, 7) is 7.11. The third-order valence-corrected chi connectivity index (χ3v) is 3.86. The van der Waals surface area contributed by atoms with Gasteiger partial charge in [-0.3, -0.25) is 0 Å². The van der Waals surface area contributed by atoms with Gasteiger partial charge in [0.05, 0.1) is 0 Å². The van der Waals surface area contributed by atoms with Gasteiger partial charge < -0.3 is 4.90 Å². The minimum absolute atomic E-state index is 0.782. The van der Waals surface area contributed by atoms with Gasteiger partial charge in [-0.1, -0.05) is 38.1 Å². The van der Waals surface area contributed by atoms with Crippen LogP contribution in [0.3, 0.4) is 0 Å². The molecule has 0 heterocycles. The Morgan fingerprint density at radius 2 is 1.71 bits per heavy atom. The monoisotopic (exact) mass is 231 g/mol. The second kappa shape index (κ2) is 6.20. The Balaban J connectivity index is 2.04. The molecule has 0 N–H and O–H groups in total. The molecule has 0 aliphatic heterocycles. The highest BCUT2D eigenvalue weighted by Gasteiger charge is 2.22. The molecule has 1 aromatic rings. The Bertz CT molecular complexity index is 339. The van der Waals surface area contributed by atoms with Crippen LogP contribution >= 0.6 is 0 Å². The summed E-state index contributed by atoms with van der Waals surface area (Å²) in [6, 6.07) is 9.76. The topological polar surface area (TPSA) is 3.24 Å². The van der Waals surface area contributed by atoms with Crippen LogP contribution in [0.2, 0.25) is 0 Å². The van der Waals surface area contributed by atoms with E-state index in [1.54, 1.807) is 11.1 Å². The summed E-state index contributed by atoms with van der Waals surface area (Å²) in [5, 5.41) is 0. The third-order valence-electron chi connectivity index (χ3n) is 3.86. The fraction of sp³-hybridized carbons (Fsp3) is 0.625. The van der Waals surface area contributed by atoms with E-state index in [1.807, 2.05) is 0 Å². The maximum atomic E-state index is 2.70. The Labute approximate surface area is 106 Å². The van der Waals surface area contributed by atoms with Crippen molar-refractivity contribution in [1.29, 1.82) is 0 Å². The van der Waals surface area contributed by atoms with Gasteiger partial charge in [-0.05, 0) is 56.3 Å². The van der Waals surface area contributed by atoms with Crippen LogP contribution < -0.4 is 0 Å². The molecular formula is C16H25N. The number of aryl methyl sites for hydroxylation is 1. The van der Waals surface area contributed by atoms with E-state index in [0.29, 0.717) is 0 Å². The highest BCUT2D eigenvalue weighted by molar-refractivity contribution is 5.30. The Hall–Kier alpha value is -0.820. The number of fused-ring (bicyclic) bond motifs is 1. The molecule has 0 spiro atoms. The van der Waals surface area contributed by atoms with Gasteiger partial charge in [0, 0.05) is 6.04 Å². The lowest BCUT2D eigenvalue weighted by Crippen LogP contribution is -2.40. The molecule has 2 rings (SSSR count). The largest absolute Gasteiger partial charge is 0.300 e. The fourth-order valence-corrected chi connectivity index (χ4v) is 3.04. The molecule has 0 amide bonds. The first kappa shape index (κ1) is 12.6. The van der Waals surface area contributed by atoms with Crippen LogP contribution in [0.4, 0.5) is 0 Å². The van der Waals surface area contributed by atoms with Crippen LogP contribution in [0, 0.1) is 0 Å². The quantitative estimate of drug-likeness (QED) is 0.747. The van der Waals surface area contributed by atoms with E-state index in [4.69, 9.17) is 0 Å². The lowest BCUT2D eigenvalue weighted by atomic mass is 9.87. The van der Waals surface area contributed by atoms with Crippen LogP contribution in [-0.4, -0.2) is 24.0 Å². The molecule has 0 radical (unpaired) electrons. The molecule has 17 heavy (non-hydrogen) atoms. The first-order valence-corrected chi connectivity index (χ1v) is 7.16. The van der Waals surface area contributed by atoms with Crippen molar-refractivity contribution in [2.24, 2.45) is 0 Å². The fourth-order valence-electron chi connectivity index (χ4n) is 3.04. The van der Waals surface area contributed by atoms with Crippen molar-refractivity contribution in [1.82, 2.24) is 4.90 Å². The van der Waals surface area contributed by atoms with Crippen molar-refractivity contribution in [3.8, 4) is 0 Å². The molecule has 1 aromatic carbocycles. The summed E-state index contributed by atoms with van der Waals surface area (Å²) in [4.78, 5) is 2.70. The minimum atomic E-state index is 0.782. The zero-order valence-electron chi connectivity index (χ0n) is 11.3. The van der Waals surface area contributed by atoms with E-state index < -0.39 is 0 Å². The number of nitrogens with zero attached hydrogens (tertiary/aromatic N) is 1. The maximum absolute atomic E-state index is 2.70. The van der Waals surface area contributed by atoms with Crippen LogP contribution in [0.15, 0.2) is 24.3 Å². The van der Waals surface area contributed by atoms with Gasteiger partial charge in [0.2, 0.25) is 0 Å². The van der Waals surface area contributed by atoms with Gasteiger partial charge >= 0.3 is 0 Å². The highest BCUT2D eigenvalue weighted by Crippen LogP contribution is 2.24. The number of rotatable bonds is 5. The van der Waals surface area contributed by atoms with Gasteiger partial charge in [-0.15, -0.1) is 0 Å². The molecule has 0 aromatic heterocycles. The van der Waals surface area contributed by atoms with Crippen molar-refractivity contribution in [2.75, 3.05) is 13.1 Å². The molecule has 1 aliphatic carbocycles. The molecule has 94 valence electrons. The summed E-state index contributed by atoms with van der Waals surface area (Å²) in [5.41, 5.74) is 3.16. The second-order valence-corrected chi connectivity index (χ2v) is 5.20. The lowest BCUT2D eigenvalue weighted by Gasteiger charge is -2.35. The standard InChI is InChI=1S/C16H25N/c1-3-11-17(12-4-2)16-10-9-14-7-5-6-8-15(14)13-16/h5-8,16H,3-4,9-13H2,1-2H3. The Morgan fingerprint density at radius 3 is 2.35 bits per heavy atom. The number of hydrogen-bond acceptors (Lipinski definition) is 1. The molecule has 1 heteroatoms. The average Bonchev–Trinajstić information content (AvgIpc) is 2.38. The lowest BCUT2D eigenvalue weighted by molar-refractivity contribution is 0.180. The summed E-state index contributed by atoms with van der Waals surface area (Å²) < 4.78 is 0. The van der Waals surface area contributed by atoms with E-state index in [1.165, 1.54) is 45.2 Å². The van der Waals surface area contributed by atoms with Gasteiger partial charge in [0.15, 0.2) is 0 Å². The molecule has 0 saturated carbocycles. The molecule has 0 saturated heterocycles. The Morgan fingerprint density at radius 1 is 1.06 bits per heavy atom. The van der Waals surface area contributed by atoms with Crippen molar-refractivity contribution in [3.05, 3.63) is 35.4 Å². The van der Waals surface area contributed by atoms with E-state index in [-0.39, 0.29) is 0 Å². The highest BCUT2D eigenvalue weighted by atomic mass is 15.1. The maximum Gasteiger partial charge on any atom is 0.0139 e. The van der Waals surface area contributed by atoms with E-state index in [2.05, 4.69) is 43.0 Å². The molecular weight excluding hydrogens is 206 g/mol. The smallest absolute Gasteiger partial charge is 0.0139 e. The van der Waals surface area contributed by atoms with Crippen molar-refractivity contribution in [2.45, 2.75) is 52.0 Å². The van der Waals surface area contributed by atoms with E-state index >= 15 is 0 Å². The van der Waals surface area contributed by atoms with E-state index in [9.17, 15) is 0 Å². The average molecular weight is 231 g/mol. The predicted octanol–water partition coefficient (Wildman–Crippen LogP) is 3.67. The summed E-state index contributed by atoms with van der Waals surface area (Å²) in [5.74, 6) is 0. The van der Waals surface area contributed by atoms with Gasteiger partial charge in [-0.2, -0.15) is 0 Å². The van der Waals surface area contributed by atoms with Crippen LogP contribution in [0.1, 0.15) is 44.2 Å². The zero-order chi connectivity index (χ0) is 12.1. The van der Waals surface area contributed by atoms with Crippen LogP contribution in [0.5, 0.6) is 0 Å². The SMILES string of the molecule is CCCN(CCC)C1CCc2ccccc2C1. The van der Waals surface area contributed by atoms with Crippen molar-refractivity contribution < 1.29 is 0 Å². The normalized spacial score (nSPS) is 19.4. The molecule has 0 fully saturated rings. The van der Waals surface area contributed by atoms with Crippen molar-refractivity contribution >= 4 is 0 Å². The molecule has 1 atom stereocenters. The zero-order valence-corrected chi connectivity index (χ0v) is 11.3. The minimum Gasteiger partial charge on any atom is -0.300 e. The van der Waals surface area contributed by atoms with Crippen LogP contribution in [0.25, 0.3) is 0 Å². The van der Waals surface area contributed by atoms with Gasteiger partial charge in [-0.25, -0.2) is 0 Å². The van der Waals surface area contributed by atoms with Crippen molar-refractivity contribution in [3.63, 3.8) is 0 Å².